The van der Waals surface area contributed by atoms with E-state index in [2.05, 4.69) is 51.1 Å². The normalized spacial score (nSPS) is 12.0. The molecule has 0 amide bonds. The van der Waals surface area contributed by atoms with Crippen LogP contribution in [0.15, 0.2) is 36.4 Å². The van der Waals surface area contributed by atoms with Crippen molar-refractivity contribution in [3.8, 4) is 11.5 Å². The van der Waals surface area contributed by atoms with Gasteiger partial charge in [-0.3, -0.25) is 0 Å². The Morgan fingerprint density at radius 3 is 2.36 bits per heavy atom. The molecule has 0 spiro atoms. The van der Waals surface area contributed by atoms with Gasteiger partial charge in [0.15, 0.2) is 11.5 Å². The molecule has 0 saturated carbocycles. The van der Waals surface area contributed by atoms with Crippen molar-refractivity contribution in [2.24, 2.45) is 5.73 Å². The fourth-order valence-corrected chi connectivity index (χ4v) is 2.92. The SMILES string of the molecule is CCCOc1ccc(CC(CN)c2ccc(C)c(C)c2)cc1OCC. The van der Waals surface area contributed by atoms with E-state index in [9.17, 15) is 0 Å². The second-order valence-electron chi connectivity index (χ2n) is 6.54. The van der Waals surface area contributed by atoms with E-state index < -0.39 is 0 Å². The summed E-state index contributed by atoms with van der Waals surface area (Å²) in [6.07, 6.45) is 1.88. The largest absolute Gasteiger partial charge is 0.490 e. The highest BCUT2D eigenvalue weighted by Gasteiger charge is 2.14. The highest BCUT2D eigenvalue weighted by atomic mass is 16.5. The fraction of sp³-hybridized carbons (Fsp3) is 0.455. The van der Waals surface area contributed by atoms with E-state index in [0.29, 0.717) is 25.7 Å². The van der Waals surface area contributed by atoms with E-state index in [4.69, 9.17) is 15.2 Å². The van der Waals surface area contributed by atoms with Gasteiger partial charge in [0.2, 0.25) is 0 Å². The van der Waals surface area contributed by atoms with Gasteiger partial charge in [-0.05, 0) is 74.5 Å². The van der Waals surface area contributed by atoms with Crippen LogP contribution in [-0.2, 0) is 6.42 Å². The Balaban J connectivity index is 2.21. The number of benzene rings is 2. The molecule has 0 aliphatic heterocycles. The summed E-state index contributed by atoms with van der Waals surface area (Å²) in [6, 6.07) is 12.9. The summed E-state index contributed by atoms with van der Waals surface area (Å²) >= 11 is 0. The lowest BCUT2D eigenvalue weighted by molar-refractivity contribution is 0.276. The maximum atomic E-state index is 6.08. The van der Waals surface area contributed by atoms with Crippen LogP contribution in [-0.4, -0.2) is 19.8 Å². The molecule has 0 bridgehead atoms. The maximum absolute atomic E-state index is 6.08. The highest BCUT2D eigenvalue weighted by molar-refractivity contribution is 5.44. The third-order valence-electron chi connectivity index (χ3n) is 4.54. The molecule has 136 valence electrons. The van der Waals surface area contributed by atoms with Gasteiger partial charge in [0.05, 0.1) is 13.2 Å². The molecule has 2 aromatic rings. The zero-order valence-electron chi connectivity index (χ0n) is 16.0. The Morgan fingerprint density at radius 1 is 0.920 bits per heavy atom. The van der Waals surface area contributed by atoms with Gasteiger partial charge in [0.25, 0.3) is 0 Å². The van der Waals surface area contributed by atoms with Gasteiger partial charge >= 0.3 is 0 Å². The third kappa shape index (κ3) is 5.23. The average molecular weight is 341 g/mol. The van der Waals surface area contributed by atoms with Crippen LogP contribution < -0.4 is 15.2 Å². The molecule has 0 aliphatic rings. The van der Waals surface area contributed by atoms with E-state index >= 15 is 0 Å². The van der Waals surface area contributed by atoms with Crippen LogP contribution in [0.1, 0.15) is 48.4 Å². The zero-order chi connectivity index (χ0) is 18.2. The summed E-state index contributed by atoms with van der Waals surface area (Å²) in [5, 5.41) is 0. The van der Waals surface area contributed by atoms with Gasteiger partial charge in [-0.15, -0.1) is 0 Å². The molecule has 3 nitrogen and oxygen atoms in total. The first-order valence-electron chi connectivity index (χ1n) is 9.24. The Kier molecular flexibility index (Phi) is 7.32. The lowest BCUT2D eigenvalue weighted by Gasteiger charge is -2.18. The van der Waals surface area contributed by atoms with Gasteiger partial charge in [-0.1, -0.05) is 31.2 Å². The first-order chi connectivity index (χ1) is 12.1. The molecule has 1 atom stereocenters. The molecule has 0 saturated heterocycles. The maximum Gasteiger partial charge on any atom is 0.161 e. The standard InChI is InChI=1S/C22H31NO2/c1-5-11-25-21-10-8-18(14-22(21)24-6-2)13-20(15-23)19-9-7-16(3)17(4)12-19/h7-10,12,14,20H,5-6,11,13,15,23H2,1-4H3. The van der Waals surface area contributed by atoms with E-state index in [-0.39, 0.29) is 0 Å². The quantitative estimate of drug-likeness (QED) is 0.714. The van der Waals surface area contributed by atoms with Crippen molar-refractivity contribution >= 4 is 0 Å². The fourth-order valence-electron chi connectivity index (χ4n) is 2.92. The van der Waals surface area contributed by atoms with Crippen LogP contribution in [0.2, 0.25) is 0 Å². The second kappa shape index (κ2) is 9.47. The minimum absolute atomic E-state index is 0.302. The predicted molar refractivity (Wildman–Crippen MR) is 105 cm³/mol. The van der Waals surface area contributed by atoms with Crippen LogP contribution in [0.3, 0.4) is 0 Å². The molecule has 0 aromatic heterocycles. The van der Waals surface area contributed by atoms with Crippen LogP contribution in [0.5, 0.6) is 11.5 Å². The Morgan fingerprint density at radius 2 is 1.72 bits per heavy atom. The molecule has 1 unspecified atom stereocenters. The monoisotopic (exact) mass is 341 g/mol. The number of aryl methyl sites for hydroxylation is 2. The lowest BCUT2D eigenvalue weighted by atomic mass is 9.90. The van der Waals surface area contributed by atoms with Crippen molar-refractivity contribution in [3.05, 3.63) is 58.7 Å². The van der Waals surface area contributed by atoms with Crippen LogP contribution in [0, 0.1) is 13.8 Å². The molecular weight excluding hydrogens is 310 g/mol. The molecule has 0 aliphatic carbocycles. The van der Waals surface area contributed by atoms with Gasteiger partial charge in [-0.2, -0.15) is 0 Å². The van der Waals surface area contributed by atoms with Crippen molar-refractivity contribution in [2.75, 3.05) is 19.8 Å². The van der Waals surface area contributed by atoms with Crippen molar-refractivity contribution in [1.82, 2.24) is 0 Å². The molecular formula is C22H31NO2. The van der Waals surface area contributed by atoms with Gasteiger partial charge < -0.3 is 15.2 Å². The highest BCUT2D eigenvalue weighted by Crippen LogP contribution is 2.31. The minimum atomic E-state index is 0.302. The summed E-state index contributed by atoms with van der Waals surface area (Å²) in [7, 11) is 0. The number of rotatable bonds is 9. The number of hydrogen-bond acceptors (Lipinski definition) is 3. The van der Waals surface area contributed by atoms with Crippen LogP contribution >= 0.6 is 0 Å². The van der Waals surface area contributed by atoms with Crippen molar-refractivity contribution < 1.29 is 9.47 Å². The third-order valence-corrected chi connectivity index (χ3v) is 4.54. The average Bonchev–Trinajstić information content (AvgIpc) is 2.61. The number of hydrogen-bond donors (Lipinski definition) is 1. The first kappa shape index (κ1) is 19.3. The predicted octanol–water partition coefficient (Wildman–Crippen LogP) is 4.78. The Bertz CT molecular complexity index is 682. The molecule has 0 radical (unpaired) electrons. The van der Waals surface area contributed by atoms with Crippen LogP contribution in [0.25, 0.3) is 0 Å². The number of ether oxygens (including phenoxy) is 2. The molecule has 0 fully saturated rings. The van der Waals surface area contributed by atoms with E-state index in [1.54, 1.807) is 0 Å². The van der Waals surface area contributed by atoms with Crippen LogP contribution in [0.4, 0.5) is 0 Å². The Hall–Kier alpha value is -2.00. The summed E-state index contributed by atoms with van der Waals surface area (Å²) in [5.74, 6) is 1.95. The molecule has 3 heteroatoms. The summed E-state index contributed by atoms with van der Waals surface area (Å²) < 4.78 is 11.6. The van der Waals surface area contributed by atoms with E-state index in [1.165, 1.54) is 22.3 Å². The van der Waals surface area contributed by atoms with Gasteiger partial charge in [0.1, 0.15) is 0 Å². The lowest BCUT2D eigenvalue weighted by Crippen LogP contribution is -2.15. The molecule has 2 N–H and O–H groups in total. The zero-order valence-corrected chi connectivity index (χ0v) is 16.0. The second-order valence-corrected chi connectivity index (χ2v) is 6.54. The molecule has 2 rings (SSSR count). The van der Waals surface area contributed by atoms with E-state index in [1.807, 2.05) is 13.0 Å². The van der Waals surface area contributed by atoms with Crippen molar-refractivity contribution in [3.63, 3.8) is 0 Å². The molecule has 2 aromatic carbocycles. The number of nitrogens with two attached hydrogens (primary N) is 1. The first-order valence-corrected chi connectivity index (χ1v) is 9.24. The smallest absolute Gasteiger partial charge is 0.161 e. The summed E-state index contributed by atoms with van der Waals surface area (Å²) in [5.41, 5.74) is 11.2. The molecule has 0 heterocycles. The minimum Gasteiger partial charge on any atom is -0.490 e. The summed E-state index contributed by atoms with van der Waals surface area (Å²) in [4.78, 5) is 0. The molecule has 25 heavy (non-hydrogen) atoms. The topological polar surface area (TPSA) is 44.5 Å². The Labute approximate surface area is 152 Å². The van der Waals surface area contributed by atoms with Gasteiger partial charge in [0, 0.05) is 5.92 Å². The van der Waals surface area contributed by atoms with Crippen molar-refractivity contribution in [2.45, 2.75) is 46.5 Å². The van der Waals surface area contributed by atoms with E-state index in [0.717, 1.165) is 24.3 Å². The van der Waals surface area contributed by atoms with Gasteiger partial charge in [-0.25, -0.2) is 0 Å². The summed E-state index contributed by atoms with van der Waals surface area (Å²) in [6.45, 7) is 10.3. The van der Waals surface area contributed by atoms with Crippen molar-refractivity contribution in [1.29, 1.82) is 0 Å².